The predicted molar refractivity (Wildman–Crippen MR) is 80.0 cm³/mol. The van der Waals surface area contributed by atoms with E-state index in [2.05, 4.69) is 10.1 Å². The highest BCUT2D eigenvalue weighted by molar-refractivity contribution is 7.15. The zero-order chi connectivity index (χ0) is 15.9. The van der Waals surface area contributed by atoms with E-state index in [0.29, 0.717) is 5.56 Å². The second kappa shape index (κ2) is 5.11. The van der Waals surface area contributed by atoms with E-state index >= 15 is 0 Å². The fraction of sp³-hybridized carbons (Fsp3) is 0.0769. The second-order valence-corrected chi connectivity index (χ2v) is 5.44. The van der Waals surface area contributed by atoms with Gasteiger partial charge in [0.1, 0.15) is 5.69 Å². The number of aromatic nitrogens is 3. The van der Waals surface area contributed by atoms with E-state index in [1.54, 1.807) is 12.1 Å². The maximum atomic E-state index is 12.2. The lowest BCUT2D eigenvalue weighted by Crippen LogP contribution is -2.27. The average molecular weight is 316 g/mol. The van der Waals surface area contributed by atoms with Crippen LogP contribution < -0.4 is 15.7 Å². The molecular formula is C13H8N4O4S. The Balaban J connectivity index is 2.32. The van der Waals surface area contributed by atoms with Crippen LogP contribution in [-0.4, -0.2) is 19.5 Å². The summed E-state index contributed by atoms with van der Waals surface area (Å²) < 4.78 is 1.25. The van der Waals surface area contributed by atoms with Gasteiger partial charge in [-0.25, -0.2) is 0 Å². The van der Waals surface area contributed by atoms with E-state index in [-0.39, 0.29) is 20.9 Å². The average Bonchev–Trinajstić information content (AvgIpc) is 2.76. The van der Waals surface area contributed by atoms with Crippen LogP contribution in [0, 0.1) is 17.0 Å². The van der Waals surface area contributed by atoms with Crippen molar-refractivity contribution >= 4 is 28.1 Å². The summed E-state index contributed by atoms with van der Waals surface area (Å²) in [5.74, 6) is 0. The normalized spacial score (nSPS) is 12.0. The molecule has 0 aliphatic carbocycles. The van der Waals surface area contributed by atoms with Crippen LogP contribution in [0.1, 0.15) is 11.3 Å². The van der Waals surface area contributed by atoms with E-state index in [9.17, 15) is 19.7 Å². The van der Waals surface area contributed by atoms with Gasteiger partial charge in [0, 0.05) is 6.07 Å². The van der Waals surface area contributed by atoms with Gasteiger partial charge in [-0.3, -0.25) is 19.7 Å². The minimum absolute atomic E-state index is 0.106. The lowest BCUT2D eigenvalue weighted by atomic mass is 10.2. The summed E-state index contributed by atoms with van der Waals surface area (Å²) in [4.78, 5) is 38.1. The van der Waals surface area contributed by atoms with Crippen LogP contribution in [0.5, 0.6) is 0 Å². The van der Waals surface area contributed by atoms with Crippen LogP contribution in [0.15, 0.2) is 33.9 Å². The van der Waals surface area contributed by atoms with Crippen molar-refractivity contribution in [1.29, 1.82) is 0 Å². The fourth-order valence-corrected chi connectivity index (χ4v) is 2.80. The molecule has 9 heteroatoms. The Morgan fingerprint density at radius 1 is 1.32 bits per heavy atom. The molecule has 0 aliphatic rings. The van der Waals surface area contributed by atoms with Crippen LogP contribution >= 0.6 is 11.3 Å². The smallest absolute Gasteiger partial charge is 0.266 e. The monoisotopic (exact) mass is 316 g/mol. The van der Waals surface area contributed by atoms with E-state index in [1.807, 2.05) is 0 Å². The maximum absolute atomic E-state index is 12.2. The van der Waals surface area contributed by atoms with Crippen LogP contribution in [0.25, 0.3) is 11.0 Å². The Morgan fingerprint density at radius 3 is 2.77 bits per heavy atom. The predicted octanol–water partition coefficient (Wildman–Crippen LogP) is 0.276. The standard InChI is InChI=1S/C13H8N4O4S/c1-7-11(18)14-13-16(15-7)12(19)10(22-13)6-8-4-2-3-5-9(8)17(20)21/h2-6H,1H3/b10-6+. The Kier molecular flexibility index (Phi) is 3.26. The minimum Gasteiger partial charge on any atom is -0.266 e. The zero-order valence-corrected chi connectivity index (χ0v) is 12.0. The first-order valence-electron chi connectivity index (χ1n) is 6.13. The molecule has 22 heavy (non-hydrogen) atoms. The van der Waals surface area contributed by atoms with Gasteiger partial charge in [0.15, 0.2) is 0 Å². The van der Waals surface area contributed by atoms with E-state index in [0.717, 1.165) is 15.9 Å². The van der Waals surface area contributed by atoms with Gasteiger partial charge >= 0.3 is 0 Å². The SMILES string of the molecule is Cc1nn2c(=O)/c(=C\c3ccccc3[N+](=O)[O-])sc2nc1=O. The molecule has 8 nitrogen and oxygen atoms in total. The van der Waals surface area contributed by atoms with Crippen molar-refractivity contribution in [2.24, 2.45) is 0 Å². The number of nitro benzene ring substituents is 1. The Bertz CT molecular complexity index is 1070. The van der Waals surface area contributed by atoms with Gasteiger partial charge < -0.3 is 0 Å². The lowest BCUT2D eigenvalue weighted by Gasteiger charge is -1.94. The Labute approximate surface area is 126 Å². The maximum Gasteiger partial charge on any atom is 0.295 e. The van der Waals surface area contributed by atoms with Crippen molar-refractivity contribution in [3.8, 4) is 0 Å². The first-order chi connectivity index (χ1) is 10.5. The molecule has 0 saturated carbocycles. The molecule has 1 aromatic carbocycles. The number of aryl methyl sites for hydroxylation is 1. The highest BCUT2D eigenvalue weighted by Gasteiger charge is 2.12. The summed E-state index contributed by atoms with van der Waals surface area (Å²) in [6, 6.07) is 6.08. The quantitative estimate of drug-likeness (QED) is 0.496. The van der Waals surface area contributed by atoms with Gasteiger partial charge in [0.25, 0.3) is 16.8 Å². The molecule has 0 N–H and O–H groups in total. The number of thiazole rings is 1. The van der Waals surface area contributed by atoms with Crippen molar-refractivity contribution in [2.75, 3.05) is 0 Å². The van der Waals surface area contributed by atoms with Crippen LogP contribution in [0.4, 0.5) is 5.69 Å². The number of hydrogen-bond acceptors (Lipinski definition) is 7. The van der Waals surface area contributed by atoms with E-state index < -0.39 is 16.0 Å². The fourth-order valence-electron chi connectivity index (χ4n) is 1.90. The molecule has 0 radical (unpaired) electrons. The van der Waals surface area contributed by atoms with E-state index in [4.69, 9.17) is 0 Å². The third-order valence-corrected chi connectivity index (χ3v) is 3.92. The molecule has 2 heterocycles. The van der Waals surface area contributed by atoms with Gasteiger partial charge in [-0.1, -0.05) is 23.5 Å². The van der Waals surface area contributed by atoms with Gasteiger partial charge in [-0.05, 0) is 19.1 Å². The highest BCUT2D eigenvalue weighted by Crippen LogP contribution is 2.18. The van der Waals surface area contributed by atoms with Crippen molar-refractivity contribution in [3.63, 3.8) is 0 Å². The number of rotatable bonds is 2. The number of benzene rings is 1. The largest absolute Gasteiger partial charge is 0.295 e. The Morgan fingerprint density at radius 2 is 2.05 bits per heavy atom. The second-order valence-electron chi connectivity index (χ2n) is 4.43. The molecule has 0 saturated heterocycles. The van der Waals surface area contributed by atoms with Crippen LogP contribution in [0.2, 0.25) is 0 Å². The van der Waals surface area contributed by atoms with E-state index in [1.165, 1.54) is 25.1 Å². The van der Waals surface area contributed by atoms with Gasteiger partial charge in [0.05, 0.1) is 15.0 Å². The van der Waals surface area contributed by atoms with Crippen molar-refractivity contribution in [1.82, 2.24) is 14.6 Å². The molecule has 0 fully saturated rings. The first kappa shape index (κ1) is 14.0. The number of nitrogens with zero attached hydrogens (tertiary/aromatic N) is 4. The van der Waals surface area contributed by atoms with Gasteiger partial charge in [0.2, 0.25) is 4.96 Å². The number of fused-ring (bicyclic) bond motifs is 1. The zero-order valence-electron chi connectivity index (χ0n) is 11.2. The van der Waals surface area contributed by atoms with Crippen LogP contribution in [0.3, 0.4) is 0 Å². The molecule has 0 aliphatic heterocycles. The number of nitro groups is 1. The number of para-hydroxylation sites is 1. The molecule has 0 amide bonds. The molecule has 2 aromatic heterocycles. The summed E-state index contributed by atoms with van der Waals surface area (Å²) in [6.45, 7) is 1.46. The summed E-state index contributed by atoms with van der Waals surface area (Å²) in [6.07, 6.45) is 1.40. The molecule has 3 aromatic rings. The van der Waals surface area contributed by atoms with Gasteiger partial charge in [-0.2, -0.15) is 14.6 Å². The molecule has 0 bridgehead atoms. The molecule has 3 rings (SSSR count). The lowest BCUT2D eigenvalue weighted by molar-refractivity contribution is -0.385. The molecular weight excluding hydrogens is 308 g/mol. The summed E-state index contributed by atoms with van der Waals surface area (Å²) >= 11 is 0.961. The number of hydrogen-bond donors (Lipinski definition) is 0. The molecule has 110 valence electrons. The molecule has 0 unspecified atom stereocenters. The minimum atomic E-state index is -0.521. The topological polar surface area (TPSA) is 107 Å². The third-order valence-electron chi connectivity index (χ3n) is 2.96. The molecule has 0 atom stereocenters. The Hall–Kier alpha value is -2.94. The summed E-state index contributed by atoms with van der Waals surface area (Å²) in [5, 5.41) is 14.9. The third kappa shape index (κ3) is 2.27. The van der Waals surface area contributed by atoms with Crippen molar-refractivity contribution in [3.05, 3.63) is 70.9 Å². The highest BCUT2D eigenvalue weighted by atomic mass is 32.1. The van der Waals surface area contributed by atoms with Gasteiger partial charge in [-0.15, -0.1) is 0 Å². The summed E-state index contributed by atoms with van der Waals surface area (Å²) in [5.41, 5.74) is -0.654. The molecule has 0 spiro atoms. The summed E-state index contributed by atoms with van der Waals surface area (Å²) in [7, 11) is 0. The first-order valence-corrected chi connectivity index (χ1v) is 6.94. The van der Waals surface area contributed by atoms with Crippen molar-refractivity contribution < 1.29 is 4.92 Å². The van der Waals surface area contributed by atoms with Crippen LogP contribution in [-0.2, 0) is 0 Å². The van der Waals surface area contributed by atoms with Crippen molar-refractivity contribution in [2.45, 2.75) is 6.92 Å².